The predicted octanol–water partition coefficient (Wildman–Crippen LogP) is 2.31. The van der Waals surface area contributed by atoms with E-state index >= 15 is 0 Å². The average molecular weight is 246 g/mol. The topological polar surface area (TPSA) is 68.2 Å². The van der Waals surface area contributed by atoms with Crippen molar-refractivity contribution in [3.8, 4) is 0 Å². The van der Waals surface area contributed by atoms with E-state index in [4.69, 9.17) is 5.73 Å². The minimum atomic E-state index is -0.875. The molecule has 4 heteroatoms. The number of aromatic nitrogens is 1. The van der Waals surface area contributed by atoms with Gasteiger partial charge in [0.1, 0.15) is 0 Å². The molecule has 0 atom stereocenters. The van der Waals surface area contributed by atoms with Crippen LogP contribution >= 0.6 is 0 Å². The zero-order valence-corrected chi connectivity index (χ0v) is 10.7. The first kappa shape index (κ1) is 12.6. The van der Waals surface area contributed by atoms with Crippen molar-refractivity contribution < 1.29 is 9.90 Å². The van der Waals surface area contributed by atoms with Gasteiger partial charge in [0.2, 0.25) is 0 Å². The summed E-state index contributed by atoms with van der Waals surface area (Å²) in [6.45, 7) is 5.47. The van der Waals surface area contributed by atoms with Crippen LogP contribution in [0.5, 0.6) is 0 Å². The molecule has 0 saturated carbocycles. The molecule has 3 N–H and O–H groups in total. The number of hydrogen-bond donors (Lipinski definition) is 2. The molecule has 0 aliphatic heterocycles. The lowest BCUT2D eigenvalue weighted by molar-refractivity contribution is 0.0699. The average Bonchev–Trinajstić information content (AvgIpc) is 2.60. The van der Waals surface area contributed by atoms with Crippen molar-refractivity contribution in [2.45, 2.75) is 26.8 Å². The molecule has 1 aromatic heterocycles. The first-order valence-corrected chi connectivity index (χ1v) is 6.09. The molecule has 0 radical (unpaired) electrons. The third-order valence-corrected chi connectivity index (χ3v) is 3.47. The quantitative estimate of drug-likeness (QED) is 0.869. The van der Waals surface area contributed by atoms with Crippen molar-refractivity contribution in [2.24, 2.45) is 5.73 Å². The van der Waals surface area contributed by atoms with E-state index < -0.39 is 5.97 Å². The molecule has 0 spiro atoms. The number of aromatic carboxylic acids is 1. The van der Waals surface area contributed by atoms with E-state index in [9.17, 15) is 9.90 Å². The lowest BCUT2D eigenvalue weighted by atomic mass is 10.1. The first-order valence-electron chi connectivity index (χ1n) is 6.09. The van der Waals surface area contributed by atoms with E-state index in [1.165, 1.54) is 0 Å². The van der Waals surface area contributed by atoms with E-state index in [0.29, 0.717) is 12.1 Å². The first-order chi connectivity index (χ1) is 8.57. The van der Waals surface area contributed by atoms with Gasteiger partial charge in [0.05, 0.1) is 5.56 Å². The SMILES string of the molecule is Cc1c(C)n(CCCN)c2cccc(C(=O)O)c12. The second-order valence-electron chi connectivity index (χ2n) is 4.51. The minimum absolute atomic E-state index is 0.375. The number of carbonyl (C=O) groups is 1. The number of carboxylic acid groups (broad SMARTS) is 1. The van der Waals surface area contributed by atoms with Crippen LogP contribution in [0.2, 0.25) is 0 Å². The maximum atomic E-state index is 11.3. The number of nitrogens with zero attached hydrogens (tertiary/aromatic N) is 1. The molecule has 1 heterocycles. The van der Waals surface area contributed by atoms with E-state index in [2.05, 4.69) is 4.57 Å². The standard InChI is InChI=1S/C14H18N2O2/c1-9-10(2)16(8-4-7-15)12-6-3-5-11(13(9)12)14(17)18/h3,5-6H,4,7-8,15H2,1-2H3,(H,17,18). The van der Waals surface area contributed by atoms with Gasteiger partial charge < -0.3 is 15.4 Å². The molecule has 0 fully saturated rings. The van der Waals surface area contributed by atoms with Gasteiger partial charge in [-0.2, -0.15) is 0 Å². The summed E-state index contributed by atoms with van der Waals surface area (Å²) in [6, 6.07) is 5.42. The van der Waals surface area contributed by atoms with Crippen molar-refractivity contribution in [1.82, 2.24) is 4.57 Å². The van der Waals surface area contributed by atoms with Crippen LogP contribution in [0.15, 0.2) is 18.2 Å². The lowest BCUT2D eigenvalue weighted by Gasteiger charge is -2.07. The van der Waals surface area contributed by atoms with Crippen LogP contribution < -0.4 is 5.73 Å². The molecule has 1 aromatic carbocycles. The summed E-state index contributed by atoms with van der Waals surface area (Å²) in [5.41, 5.74) is 9.07. The van der Waals surface area contributed by atoms with Crippen LogP contribution in [0.4, 0.5) is 0 Å². The Morgan fingerprint density at radius 3 is 2.72 bits per heavy atom. The van der Waals surface area contributed by atoms with Crippen LogP contribution in [0, 0.1) is 13.8 Å². The smallest absolute Gasteiger partial charge is 0.336 e. The Hall–Kier alpha value is -1.81. The molecule has 0 aliphatic carbocycles. The highest BCUT2D eigenvalue weighted by atomic mass is 16.4. The minimum Gasteiger partial charge on any atom is -0.478 e. The van der Waals surface area contributed by atoms with Crippen LogP contribution in [0.3, 0.4) is 0 Å². The molecule has 4 nitrogen and oxygen atoms in total. The monoisotopic (exact) mass is 246 g/mol. The number of rotatable bonds is 4. The Morgan fingerprint density at radius 2 is 2.11 bits per heavy atom. The van der Waals surface area contributed by atoms with Gasteiger partial charge in [-0.3, -0.25) is 0 Å². The summed E-state index contributed by atoms with van der Waals surface area (Å²) >= 11 is 0. The Bertz CT molecular complexity index is 599. The summed E-state index contributed by atoms with van der Waals surface area (Å²) in [6.07, 6.45) is 0.890. The van der Waals surface area contributed by atoms with Crippen molar-refractivity contribution in [2.75, 3.05) is 6.54 Å². The summed E-state index contributed by atoms with van der Waals surface area (Å²) in [5, 5.41) is 10.1. The molecule has 0 amide bonds. The number of aryl methyl sites for hydroxylation is 2. The zero-order chi connectivity index (χ0) is 13.3. The highest BCUT2D eigenvalue weighted by molar-refractivity contribution is 6.05. The number of carboxylic acids is 1. The van der Waals surface area contributed by atoms with Gasteiger partial charge in [-0.05, 0) is 44.5 Å². The molecule has 0 unspecified atom stereocenters. The van der Waals surface area contributed by atoms with E-state index in [1.54, 1.807) is 12.1 Å². The Kier molecular flexibility index (Phi) is 3.39. The molecule has 18 heavy (non-hydrogen) atoms. The molecule has 2 aromatic rings. The summed E-state index contributed by atoms with van der Waals surface area (Å²) in [7, 11) is 0. The van der Waals surface area contributed by atoms with E-state index in [0.717, 1.165) is 35.1 Å². The van der Waals surface area contributed by atoms with Crippen molar-refractivity contribution >= 4 is 16.9 Å². The lowest BCUT2D eigenvalue weighted by Crippen LogP contribution is -2.07. The van der Waals surface area contributed by atoms with Gasteiger partial charge in [-0.1, -0.05) is 6.07 Å². The fraction of sp³-hybridized carbons (Fsp3) is 0.357. The normalized spacial score (nSPS) is 11.1. The molecule has 2 rings (SSSR count). The highest BCUT2D eigenvalue weighted by Crippen LogP contribution is 2.28. The second-order valence-corrected chi connectivity index (χ2v) is 4.51. The van der Waals surface area contributed by atoms with Crippen molar-refractivity contribution in [1.29, 1.82) is 0 Å². The molecule has 0 saturated heterocycles. The van der Waals surface area contributed by atoms with E-state index in [1.807, 2.05) is 19.9 Å². The van der Waals surface area contributed by atoms with E-state index in [-0.39, 0.29) is 0 Å². The maximum Gasteiger partial charge on any atom is 0.336 e. The van der Waals surface area contributed by atoms with Gasteiger partial charge in [-0.25, -0.2) is 4.79 Å². The van der Waals surface area contributed by atoms with Gasteiger partial charge >= 0.3 is 5.97 Å². The molecular weight excluding hydrogens is 228 g/mol. The summed E-state index contributed by atoms with van der Waals surface area (Å²) < 4.78 is 2.16. The van der Waals surface area contributed by atoms with Crippen LogP contribution in [-0.2, 0) is 6.54 Å². The Balaban J connectivity index is 2.71. The zero-order valence-electron chi connectivity index (χ0n) is 10.7. The Morgan fingerprint density at radius 1 is 1.39 bits per heavy atom. The number of benzene rings is 1. The van der Waals surface area contributed by atoms with Crippen LogP contribution in [-0.4, -0.2) is 22.2 Å². The maximum absolute atomic E-state index is 11.3. The highest BCUT2D eigenvalue weighted by Gasteiger charge is 2.16. The van der Waals surface area contributed by atoms with Gasteiger partial charge in [-0.15, -0.1) is 0 Å². The van der Waals surface area contributed by atoms with Gasteiger partial charge in [0, 0.05) is 23.1 Å². The number of hydrogen-bond acceptors (Lipinski definition) is 2. The van der Waals surface area contributed by atoms with Gasteiger partial charge in [0.15, 0.2) is 0 Å². The van der Waals surface area contributed by atoms with Crippen molar-refractivity contribution in [3.05, 3.63) is 35.0 Å². The predicted molar refractivity (Wildman–Crippen MR) is 72.0 cm³/mol. The Labute approximate surface area is 106 Å². The second kappa shape index (κ2) is 4.82. The molecular formula is C14H18N2O2. The van der Waals surface area contributed by atoms with Crippen molar-refractivity contribution in [3.63, 3.8) is 0 Å². The molecule has 96 valence electrons. The summed E-state index contributed by atoms with van der Waals surface area (Å²) in [4.78, 5) is 11.3. The van der Waals surface area contributed by atoms with Crippen LogP contribution in [0.25, 0.3) is 10.9 Å². The third kappa shape index (κ3) is 1.88. The number of nitrogens with two attached hydrogens (primary N) is 1. The molecule has 0 bridgehead atoms. The fourth-order valence-corrected chi connectivity index (χ4v) is 2.44. The van der Waals surface area contributed by atoms with Crippen LogP contribution in [0.1, 0.15) is 28.0 Å². The largest absolute Gasteiger partial charge is 0.478 e. The molecule has 0 aliphatic rings. The third-order valence-electron chi connectivity index (χ3n) is 3.47. The summed E-state index contributed by atoms with van der Waals surface area (Å²) in [5.74, 6) is -0.875. The number of fused-ring (bicyclic) bond motifs is 1. The van der Waals surface area contributed by atoms with Gasteiger partial charge in [0.25, 0.3) is 0 Å². The fourth-order valence-electron chi connectivity index (χ4n) is 2.44.